The van der Waals surface area contributed by atoms with Gasteiger partial charge in [-0.15, -0.1) is 0 Å². The number of hydrogen-bond donors (Lipinski definition) is 0. The molecular formula is C15H21NO2. The first kappa shape index (κ1) is 13.3. The molecule has 2 aliphatic rings. The molecule has 0 amide bonds. The maximum absolute atomic E-state index is 12.3. The molecule has 3 atom stereocenters. The summed E-state index contributed by atoms with van der Waals surface area (Å²) in [6, 6.07) is 2.07. The summed E-state index contributed by atoms with van der Waals surface area (Å²) in [5, 5.41) is 9.15. The molecule has 0 aromatic carbocycles. The number of nitrogens with zero attached hydrogens (tertiary/aromatic N) is 1. The minimum Gasteiger partial charge on any atom is -0.381 e. The first-order valence-corrected chi connectivity index (χ1v) is 6.55. The molecule has 0 bridgehead atoms. The summed E-state index contributed by atoms with van der Waals surface area (Å²) in [6.07, 6.45) is 5.03. The summed E-state index contributed by atoms with van der Waals surface area (Å²) in [7, 11) is 1.74. The molecule has 98 valence electrons. The smallest absolute Gasteiger partial charge is 0.178 e. The van der Waals surface area contributed by atoms with Gasteiger partial charge >= 0.3 is 0 Å². The zero-order valence-electron chi connectivity index (χ0n) is 11.6. The fourth-order valence-corrected chi connectivity index (χ4v) is 3.95. The summed E-state index contributed by atoms with van der Waals surface area (Å²) >= 11 is 0. The summed E-state index contributed by atoms with van der Waals surface area (Å²) in [4.78, 5) is 12.3. The molecule has 3 heteroatoms. The van der Waals surface area contributed by atoms with Crippen molar-refractivity contribution in [1.82, 2.24) is 0 Å². The molecule has 0 N–H and O–H groups in total. The van der Waals surface area contributed by atoms with E-state index in [1.807, 2.05) is 19.9 Å². The Morgan fingerprint density at radius 1 is 1.39 bits per heavy atom. The van der Waals surface area contributed by atoms with E-state index >= 15 is 0 Å². The molecule has 0 aromatic heterocycles. The van der Waals surface area contributed by atoms with E-state index in [1.54, 1.807) is 7.11 Å². The van der Waals surface area contributed by atoms with Crippen molar-refractivity contribution in [3.63, 3.8) is 0 Å². The Labute approximate surface area is 109 Å². The molecule has 2 aliphatic carbocycles. The van der Waals surface area contributed by atoms with Crippen molar-refractivity contribution in [3.05, 3.63) is 11.6 Å². The average Bonchev–Trinajstić information content (AvgIpc) is 2.33. The summed E-state index contributed by atoms with van der Waals surface area (Å²) in [5.41, 5.74) is -0.204. The van der Waals surface area contributed by atoms with Gasteiger partial charge in [0.2, 0.25) is 0 Å². The van der Waals surface area contributed by atoms with Crippen molar-refractivity contribution in [2.45, 2.75) is 46.1 Å². The van der Waals surface area contributed by atoms with Crippen LogP contribution in [-0.4, -0.2) is 19.0 Å². The highest BCUT2D eigenvalue weighted by Gasteiger charge is 2.53. The molecule has 18 heavy (non-hydrogen) atoms. The van der Waals surface area contributed by atoms with E-state index < -0.39 is 5.41 Å². The molecular weight excluding hydrogens is 226 g/mol. The number of ketones is 1. The molecule has 0 spiro atoms. The van der Waals surface area contributed by atoms with Gasteiger partial charge < -0.3 is 4.74 Å². The van der Waals surface area contributed by atoms with E-state index in [0.717, 1.165) is 19.3 Å². The second-order valence-corrected chi connectivity index (χ2v) is 6.42. The number of allylic oxidation sites excluding steroid dienone is 2. The predicted molar refractivity (Wildman–Crippen MR) is 68.7 cm³/mol. The molecule has 3 unspecified atom stereocenters. The molecule has 3 nitrogen and oxygen atoms in total. The zero-order chi connectivity index (χ0) is 13.6. The minimum atomic E-state index is -0.437. The third-order valence-electron chi connectivity index (χ3n) is 4.87. The first-order valence-electron chi connectivity index (χ1n) is 6.55. The molecule has 1 saturated carbocycles. The summed E-state index contributed by atoms with van der Waals surface area (Å²) < 4.78 is 5.47. The normalized spacial score (nSPS) is 38.6. The lowest BCUT2D eigenvalue weighted by molar-refractivity contribution is -0.133. The van der Waals surface area contributed by atoms with Crippen molar-refractivity contribution in [1.29, 1.82) is 5.26 Å². The number of ether oxygens (including phenoxy) is 1. The van der Waals surface area contributed by atoms with Gasteiger partial charge in [0.1, 0.15) is 6.07 Å². The van der Waals surface area contributed by atoms with Crippen LogP contribution in [0.2, 0.25) is 0 Å². The highest BCUT2D eigenvalue weighted by molar-refractivity contribution is 6.04. The third kappa shape index (κ3) is 1.80. The van der Waals surface area contributed by atoms with Gasteiger partial charge in [0.25, 0.3) is 0 Å². The topological polar surface area (TPSA) is 50.1 Å². The van der Waals surface area contributed by atoms with Gasteiger partial charge in [-0.2, -0.15) is 5.26 Å². The third-order valence-corrected chi connectivity index (χ3v) is 4.87. The van der Waals surface area contributed by atoms with Crippen LogP contribution in [0, 0.1) is 28.1 Å². The number of rotatable bonds is 1. The maximum atomic E-state index is 12.3. The molecule has 0 aromatic rings. The highest BCUT2D eigenvalue weighted by Crippen LogP contribution is 2.55. The molecule has 0 aliphatic heterocycles. The SMILES string of the molecule is COC1CCC2C(C)(C=C(C#N)C(=O)C2(C)C)C1. The van der Waals surface area contributed by atoms with Crippen LogP contribution in [0.3, 0.4) is 0 Å². The van der Waals surface area contributed by atoms with Crippen LogP contribution in [0.4, 0.5) is 0 Å². The zero-order valence-corrected chi connectivity index (χ0v) is 11.6. The van der Waals surface area contributed by atoms with Crippen LogP contribution in [0.25, 0.3) is 0 Å². The maximum Gasteiger partial charge on any atom is 0.178 e. The van der Waals surface area contributed by atoms with E-state index in [0.29, 0.717) is 11.5 Å². The van der Waals surface area contributed by atoms with Crippen LogP contribution in [0.15, 0.2) is 11.6 Å². The Morgan fingerprint density at radius 3 is 2.61 bits per heavy atom. The lowest BCUT2D eigenvalue weighted by Gasteiger charge is -2.51. The fourth-order valence-electron chi connectivity index (χ4n) is 3.95. The van der Waals surface area contributed by atoms with E-state index in [2.05, 4.69) is 13.0 Å². The van der Waals surface area contributed by atoms with Crippen LogP contribution in [0.5, 0.6) is 0 Å². The monoisotopic (exact) mass is 247 g/mol. The Morgan fingerprint density at radius 2 is 2.06 bits per heavy atom. The van der Waals surface area contributed by atoms with Crippen LogP contribution >= 0.6 is 0 Å². The number of carbonyl (C=O) groups is 1. The lowest BCUT2D eigenvalue weighted by atomic mass is 9.52. The van der Waals surface area contributed by atoms with E-state index in [9.17, 15) is 4.79 Å². The standard InChI is InChI=1S/C15H21NO2/c1-14(2)12-6-5-11(18-4)8-15(12,3)7-10(9-16)13(14)17/h7,11-12H,5-6,8H2,1-4H3. The number of carbonyl (C=O) groups excluding carboxylic acids is 1. The molecule has 1 fully saturated rings. The Balaban J connectivity index is 2.46. The van der Waals surface area contributed by atoms with Crippen molar-refractivity contribution in [2.24, 2.45) is 16.7 Å². The quantitative estimate of drug-likeness (QED) is 0.716. The van der Waals surface area contributed by atoms with Gasteiger partial charge in [0, 0.05) is 12.5 Å². The van der Waals surface area contributed by atoms with Gasteiger partial charge in [0.05, 0.1) is 11.7 Å². The summed E-state index contributed by atoms with van der Waals surface area (Å²) in [6.45, 7) is 6.12. The van der Waals surface area contributed by atoms with Crippen molar-refractivity contribution in [2.75, 3.05) is 7.11 Å². The van der Waals surface area contributed by atoms with Gasteiger partial charge in [-0.05, 0) is 30.6 Å². The summed E-state index contributed by atoms with van der Waals surface area (Å²) in [5.74, 6) is 0.310. The van der Waals surface area contributed by atoms with E-state index in [1.165, 1.54) is 0 Å². The Hall–Kier alpha value is -1.14. The van der Waals surface area contributed by atoms with Gasteiger partial charge in [-0.3, -0.25) is 4.79 Å². The minimum absolute atomic E-state index is 0.00309. The number of nitriles is 1. The number of Topliss-reactive ketones (excluding diaryl/α,β-unsaturated/α-hetero) is 1. The van der Waals surface area contributed by atoms with Gasteiger partial charge in [-0.1, -0.05) is 26.8 Å². The Bertz CT molecular complexity index is 444. The van der Waals surface area contributed by atoms with Crippen molar-refractivity contribution < 1.29 is 9.53 Å². The molecule has 2 rings (SSSR count). The van der Waals surface area contributed by atoms with Crippen molar-refractivity contribution >= 4 is 5.78 Å². The number of fused-ring (bicyclic) bond motifs is 1. The van der Waals surface area contributed by atoms with Gasteiger partial charge in [0.15, 0.2) is 5.78 Å². The lowest BCUT2D eigenvalue weighted by Crippen LogP contribution is -2.50. The van der Waals surface area contributed by atoms with Crippen molar-refractivity contribution in [3.8, 4) is 6.07 Å². The molecule has 0 heterocycles. The van der Waals surface area contributed by atoms with Crippen LogP contribution < -0.4 is 0 Å². The van der Waals surface area contributed by atoms with E-state index in [-0.39, 0.29) is 17.3 Å². The Kier molecular flexibility index (Phi) is 3.11. The average molecular weight is 247 g/mol. The number of hydrogen-bond acceptors (Lipinski definition) is 3. The second kappa shape index (κ2) is 4.20. The molecule has 0 saturated heterocycles. The second-order valence-electron chi connectivity index (χ2n) is 6.42. The first-order chi connectivity index (χ1) is 8.35. The largest absolute Gasteiger partial charge is 0.381 e. The predicted octanol–water partition coefficient (Wildman–Crippen LogP) is 2.87. The fraction of sp³-hybridized carbons (Fsp3) is 0.733. The molecule has 0 radical (unpaired) electrons. The van der Waals surface area contributed by atoms with Gasteiger partial charge in [-0.25, -0.2) is 0 Å². The van der Waals surface area contributed by atoms with E-state index in [4.69, 9.17) is 10.00 Å². The van der Waals surface area contributed by atoms with Crippen LogP contribution in [0.1, 0.15) is 40.0 Å². The van der Waals surface area contributed by atoms with Crippen LogP contribution in [-0.2, 0) is 9.53 Å². The number of methoxy groups -OCH3 is 1. The highest BCUT2D eigenvalue weighted by atomic mass is 16.5.